The van der Waals surface area contributed by atoms with Crippen LogP contribution >= 0.6 is 0 Å². The summed E-state index contributed by atoms with van der Waals surface area (Å²) in [4.78, 5) is 88.7. The molecule has 5 amide bonds. The minimum absolute atomic E-state index is 0.00412. The standard InChI is InChI=1S/C40H74N6O9/c1-22(2)13-29(42-34(47)15-27(11)41)17-36(49)44-32(25(7)8)20-38(51)45-31(24(5)6)19-37(50)43-30(14-23(3)4)18-40(54)55-28(12)16-35(48)46-33(26(9)10)21-39(52)53/h22-33H,13-21,41H2,1-12H3,(H,42,47)(H,43,50)(H,44,49)(H,45,51)(H,46,48)(H,52,53)/t27-,28-,29+,30-,31-,32+,33+/m0/s1. The van der Waals surface area contributed by atoms with Crippen molar-refractivity contribution >= 4 is 41.5 Å². The SMILES string of the molecule is CC(C)C[C@@H](CC(=O)O[C@@H](C)CC(=O)N[C@H](CC(=O)O)C(C)C)NC(=O)C[C@H](NC(=O)C[C@@H](NC(=O)C[C@@H](CC(C)C)NC(=O)C[C@H](C)N)C(C)C)C(C)C. The molecule has 55 heavy (non-hydrogen) atoms. The third-order valence-corrected chi connectivity index (χ3v) is 9.06. The summed E-state index contributed by atoms with van der Waals surface area (Å²) in [7, 11) is 0. The van der Waals surface area contributed by atoms with Crippen LogP contribution in [0.25, 0.3) is 0 Å². The number of esters is 1. The van der Waals surface area contributed by atoms with E-state index in [1.165, 1.54) is 0 Å². The van der Waals surface area contributed by atoms with Gasteiger partial charge in [0.2, 0.25) is 29.5 Å². The largest absolute Gasteiger partial charge is 0.481 e. The molecule has 0 rings (SSSR count). The van der Waals surface area contributed by atoms with E-state index in [9.17, 15) is 33.6 Å². The third-order valence-electron chi connectivity index (χ3n) is 9.06. The van der Waals surface area contributed by atoms with E-state index in [0.717, 1.165) is 0 Å². The van der Waals surface area contributed by atoms with Gasteiger partial charge in [-0.25, -0.2) is 0 Å². The quantitative estimate of drug-likeness (QED) is 0.0599. The van der Waals surface area contributed by atoms with Crippen LogP contribution in [0.5, 0.6) is 0 Å². The van der Waals surface area contributed by atoms with E-state index in [0.29, 0.717) is 12.8 Å². The summed E-state index contributed by atoms with van der Waals surface area (Å²) in [6.45, 7) is 22.5. The number of nitrogens with two attached hydrogens (primary N) is 1. The molecule has 0 aromatic rings. The Labute approximate surface area is 329 Å². The van der Waals surface area contributed by atoms with Crippen LogP contribution in [0.3, 0.4) is 0 Å². The van der Waals surface area contributed by atoms with Crippen molar-refractivity contribution < 1.29 is 43.4 Å². The summed E-state index contributed by atoms with van der Waals surface area (Å²) in [6, 6.07) is -2.78. The molecule has 0 bridgehead atoms. The minimum Gasteiger partial charge on any atom is -0.481 e. The van der Waals surface area contributed by atoms with Crippen molar-refractivity contribution in [3.05, 3.63) is 0 Å². The molecule has 0 saturated heterocycles. The van der Waals surface area contributed by atoms with Crippen LogP contribution < -0.4 is 32.3 Å². The first-order valence-corrected chi connectivity index (χ1v) is 20.0. The summed E-state index contributed by atoms with van der Waals surface area (Å²) in [5.41, 5.74) is 5.77. The minimum atomic E-state index is -1.02. The van der Waals surface area contributed by atoms with Crippen molar-refractivity contribution in [3.63, 3.8) is 0 Å². The van der Waals surface area contributed by atoms with E-state index in [1.807, 2.05) is 69.2 Å². The molecule has 0 unspecified atom stereocenters. The molecule has 0 spiro atoms. The zero-order chi connectivity index (χ0) is 42.6. The van der Waals surface area contributed by atoms with E-state index < -0.39 is 48.1 Å². The van der Waals surface area contributed by atoms with Gasteiger partial charge in [0.05, 0.1) is 19.3 Å². The molecule has 8 N–H and O–H groups in total. The fourth-order valence-electron chi connectivity index (χ4n) is 6.14. The van der Waals surface area contributed by atoms with E-state index in [-0.39, 0.29) is 110 Å². The molecule has 0 heterocycles. The molecule has 0 radical (unpaired) electrons. The molecule has 0 aromatic carbocycles. The maximum absolute atomic E-state index is 13.3. The normalized spacial score (nSPS) is 15.5. The van der Waals surface area contributed by atoms with Crippen molar-refractivity contribution in [2.75, 3.05) is 0 Å². The average molecular weight is 783 g/mol. The number of nitrogens with one attached hydrogen (secondary N) is 5. The molecule has 0 aliphatic carbocycles. The average Bonchev–Trinajstić information content (AvgIpc) is 2.98. The molecule has 318 valence electrons. The number of carboxylic acid groups (broad SMARTS) is 1. The molecule has 0 saturated carbocycles. The van der Waals surface area contributed by atoms with E-state index in [1.54, 1.807) is 13.8 Å². The number of hydrogen-bond donors (Lipinski definition) is 7. The second kappa shape index (κ2) is 26.2. The highest BCUT2D eigenvalue weighted by molar-refractivity contribution is 5.83. The monoisotopic (exact) mass is 783 g/mol. The topological polar surface area (TPSA) is 235 Å². The lowest BCUT2D eigenvalue weighted by Crippen LogP contribution is -2.48. The first-order chi connectivity index (χ1) is 25.4. The number of hydrogen-bond acceptors (Lipinski definition) is 9. The highest BCUT2D eigenvalue weighted by atomic mass is 16.5. The summed E-state index contributed by atoms with van der Waals surface area (Å²) >= 11 is 0. The van der Waals surface area contributed by atoms with Crippen LogP contribution in [0.15, 0.2) is 0 Å². The summed E-state index contributed by atoms with van der Waals surface area (Å²) < 4.78 is 5.48. The number of ether oxygens (including phenoxy) is 1. The zero-order valence-electron chi connectivity index (χ0n) is 35.6. The lowest BCUT2D eigenvalue weighted by Gasteiger charge is -2.27. The van der Waals surface area contributed by atoms with Gasteiger partial charge in [0.1, 0.15) is 6.10 Å². The van der Waals surface area contributed by atoms with Gasteiger partial charge in [-0.3, -0.25) is 33.6 Å². The number of carbonyl (C=O) groups excluding carboxylic acids is 6. The predicted molar refractivity (Wildman–Crippen MR) is 212 cm³/mol. The Balaban J connectivity index is 5.38. The van der Waals surface area contributed by atoms with Gasteiger partial charge in [0, 0.05) is 61.9 Å². The lowest BCUT2D eigenvalue weighted by atomic mass is 9.96. The number of aliphatic carboxylic acids is 1. The van der Waals surface area contributed by atoms with Crippen LogP contribution in [0.2, 0.25) is 0 Å². The Morgan fingerprint density at radius 3 is 1.20 bits per heavy atom. The summed E-state index contributed by atoms with van der Waals surface area (Å²) in [6.07, 6.45) is 0.0329. The van der Waals surface area contributed by atoms with E-state index in [2.05, 4.69) is 26.6 Å². The Kier molecular flexibility index (Phi) is 24.4. The number of amides is 5. The smallest absolute Gasteiger partial charge is 0.308 e. The molecule has 0 fully saturated rings. The zero-order valence-corrected chi connectivity index (χ0v) is 35.6. The molecule has 0 aliphatic heterocycles. The first-order valence-electron chi connectivity index (χ1n) is 20.0. The lowest BCUT2D eigenvalue weighted by molar-refractivity contribution is -0.150. The van der Waals surface area contributed by atoms with Gasteiger partial charge in [-0.1, -0.05) is 69.2 Å². The maximum Gasteiger partial charge on any atom is 0.308 e. The Morgan fingerprint density at radius 2 is 0.818 bits per heavy atom. The van der Waals surface area contributed by atoms with Crippen LogP contribution in [-0.4, -0.2) is 88.9 Å². The van der Waals surface area contributed by atoms with Crippen LogP contribution in [0, 0.1) is 29.6 Å². The molecule has 15 nitrogen and oxygen atoms in total. The van der Waals surface area contributed by atoms with Crippen molar-refractivity contribution in [3.8, 4) is 0 Å². The summed E-state index contributed by atoms with van der Waals surface area (Å²) in [5.74, 6) is -3.10. The second-order valence-electron chi connectivity index (χ2n) is 17.1. The predicted octanol–water partition coefficient (Wildman–Crippen LogP) is 3.56. The van der Waals surface area contributed by atoms with Gasteiger partial charge in [-0.2, -0.15) is 0 Å². The van der Waals surface area contributed by atoms with Gasteiger partial charge in [0.15, 0.2) is 0 Å². The first kappa shape index (κ1) is 51.2. The van der Waals surface area contributed by atoms with Crippen LogP contribution in [-0.2, 0) is 38.3 Å². The fourth-order valence-corrected chi connectivity index (χ4v) is 6.14. The van der Waals surface area contributed by atoms with Crippen molar-refractivity contribution in [2.45, 2.75) is 183 Å². The number of carboxylic acids is 1. The second-order valence-corrected chi connectivity index (χ2v) is 17.1. The van der Waals surface area contributed by atoms with Gasteiger partial charge in [-0.15, -0.1) is 0 Å². The van der Waals surface area contributed by atoms with Crippen molar-refractivity contribution in [1.29, 1.82) is 0 Å². The molecule has 15 heteroatoms. The number of rotatable bonds is 27. The fraction of sp³-hybridized carbons (Fsp3) is 0.825. The Bertz CT molecular complexity index is 1240. The molecule has 7 atom stereocenters. The maximum atomic E-state index is 13.3. The number of carbonyl (C=O) groups is 7. The van der Waals surface area contributed by atoms with E-state index in [4.69, 9.17) is 15.6 Å². The van der Waals surface area contributed by atoms with Gasteiger partial charge in [-0.05, 0) is 56.3 Å². The molecular weight excluding hydrogens is 708 g/mol. The Hall–Kier alpha value is -3.75. The molecular formula is C40H74N6O9. The van der Waals surface area contributed by atoms with Crippen molar-refractivity contribution in [2.24, 2.45) is 35.3 Å². The van der Waals surface area contributed by atoms with Gasteiger partial charge >= 0.3 is 11.9 Å². The Morgan fingerprint density at radius 1 is 0.473 bits per heavy atom. The molecule has 0 aliphatic rings. The summed E-state index contributed by atoms with van der Waals surface area (Å²) in [5, 5.41) is 23.6. The van der Waals surface area contributed by atoms with Gasteiger partial charge in [0.25, 0.3) is 0 Å². The van der Waals surface area contributed by atoms with Crippen molar-refractivity contribution in [1.82, 2.24) is 26.6 Å². The highest BCUT2D eigenvalue weighted by Crippen LogP contribution is 2.15. The van der Waals surface area contributed by atoms with Gasteiger partial charge < -0.3 is 42.2 Å². The third kappa shape index (κ3) is 25.1. The van der Waals surface area contributed by atoms with Crippen LogP contribution in [0.1, 0.15) is 141 Å². The van der Waals surface area contributed by atoms with E-state index >= 15 is 0 Å². The molecule has 0 aromatic heterocycles. The highest BCUT2D eigenvalue weighted by Gasteiger charge is 2.28. The van der Waals surface area contributed by atoms with Crippen LogP contribution in [0.4, 0.5) is 0 Å².